The van der Waals surface area contributed by atoms with Crippen molar-refractivity contribution in [3.05, 3.63) is 77.9 Å². The Labute approximate surface area is 153 Å². The van der Waals surface area contributed by atoms with Gasteiger partial charge in [-0.3, -0.25) is 0 Å². The van der Waals surface area contributed by atoms with Gasteiger partial charge in [-0.05, 0) is 11.6 Å². The number of fused-ring (bicyclic) bond motifs is 1. The molecule has 0 radical (unpaired) electrons. The zero-order chi connectivity index (χ0) is 17.6. The smallest absolute Gasteiger partial charge is 0.165 e. The van der Waals surface area contributed by atoms with Gasteiger partial charge in [0.2, 0.25) is 0 Å². The molecule has 0 atom stereocenters. The summed E-state index contributed by atoms with van der Waals surface area (Å²) in [6.45, 7) is 3.65. The highest BCUT2D eigenvalue weighted by Gasteiger charge is 2.14. The number of nitrogens with one attached hydrogen (secondary N) is 1. The van der Waals surface area contributed by atoms with Gasteiger partial charge in [0, 0.05) is 37.5 Å². The third-order valence-corrected chi connectivity index (χ3v) is 4.45. The molecule has 1 aromatic heterocycles. The number of aromatic nitrogens is 2. The number of para-hydroxylation sites is 1. The first-order chi connectivity index (χ1) is 12.9. The Morgan fingerprint density at radius 3 is 2.77 bits per heavy atom. The van der Waals surface area contributed by atoms with E-state index in [0.717, 1.165) is 35.9 Å². The van der Waals surface area contributed by atoms with E-state index in [2.05, 4.69) is 45.2 Å². The van der Waals surface area contributed by atoms with Gasteiger partial charge in [-0.25, -0.2) is 4.98 Å². The fraction of sp³-hybridized carbons (Fsp3) is 0.286. The third-order valence-electron chi connectivity index (χ3n) is 4.45. The van der Waals surface area contributed by atoms with E-state index in [-0.39, 0.29) is 0 Å². The number of rotatable bonds is 6. The van der Waals surface area contributed by atoms with Gasteiger partial charge in [0.1, 0.15) is 5.82 Å². The average Bonchev–Trinajstić information content (AvgIpc) is 2.96. The lowest BCUT2D eigenvalue weighted by molar-refractivity contribution is 0.296. The summed E-state index contributed by atoms with van der Waals surface area (Å²) in [5, 5.41) is 3.48. The summed E-state index contributed by atoms with van der Waals surface area (Å²) in [6.07, 6.45) is 4.79. The Morgan fingerprint density at radius 1 is 0.962 bits per heavy atom. The number of imidazole rings is 1. The number of nitrogens with zero attached hydrogens (tertiary/aromatic N) is 2. The maximum atomic E-state index is 5.88. The van der Waals surface area contributed by atoms with Crippen LogP contribution in [0.3, 0.4) is 0 Å². The number of hydrogen-bond donors (Lipinski definition) is 1. The average molecular weight is 349 g/mol. The van der Waals surface area contributed by atoms with Crippen LogP contribution in [-0.4, -0.2) is 22.8 Å². The molecule has 0 aliphatic carbocycles. The predicted molar refractivity (Wildman–Crippen MR) is 100 cm³/mol. The minimum Gasteiger partial charge on any atom is -0.490 e. The summed E-state index contributed by atoms with van der Waals surface area (Å²) in [6, 6.07) is 16.5. The molecule has 5 heteroatoms. The van der Waals surface area contributed by atoms with E-state index < -0.39 is 0 Å². The Morgan fingerprint density at radius 2 is 1.85 bits per heavy atom. The van der Waals surface area contributed by atoms with Crippen LogP contribution in [0, 0.1) is 0 Å². The van der Waals surface area contributed by atoms with E-state index in [9.17, 15) is 0 Å². The second-order valence-electron chi connectivity index (χ2n) is 6.36. The van der Waals surface area contributed by atoms with Crippen LogP contribution in [-0.2, 0) is 19.6 Å². The standard InChI is InChI=1S/C21H23N3O2/c1-2-6-17(7-3-1)16-24-11-10-23-20(24)15-22-14-18-8-4-9-19-21(18)26-13-5-12-25-19/h1-4,6-11,22H,5,12-16H2. The second-order valence-corrected chi connectivity index (χ2v) is 6.36. The van der Waals surface area contributed by atoms with E-state index in [1.807, 2.05) is 30.6 Å². The van der Waals surface area contributed by atoms with Crippen LogP contribution in [0.5, 0.6) is 11.5 Å². The van der Waals surface area contributed by atoms with Crippen molar-refractivity contribution in [1.82, 2.24) is 14.9 Å². The first-order valence-electron chi connectivity index (χ1n) is 9.02. The molecule has 0 spiro atoms. The van der Waals surface area contributed by atoms with Gasteiger partial charge in [0.05, 0.1) is 19.8 Å². The molecule has 0 bridgehead atoms. The van der Waals surface area contributed by atoms with Crippen LogP contribution < -0.4 is 14.8 Å². The van der Waals surface area contributed by atoms with Gasteiger partial charge in [0.25, 0.3) is 0 Å². The molecule has 0 fully saturated rings. The number of ether oxygens (including phenoxy) is 2. The Balaban J connectivity index is 1.40. The van der Waals surface area contributed by atoms with Crippen molar-refractivity contribution in [3.8, 4) is 11.5 Å². The largest absolute Gasteiger partial charge is 0.490 e. The van der Waals surface area contributed by atoms with Gasteiger partial charge in [-0.15, -0.1) is 0 Å². The Kier molecular flexibility index (Phi) is 5.17. The van der Waals surface area contributed by atoms with Gasteiger partial charge in [-0.1, -0.05) is 42.5 Å². The molecular formula is C21H23N3O2. The van der Waals surface area contributed by atoms with Crippen molar-refractivity contribution < 1.29 is 9.47 Å². The Bertz CT molecular complexity index is 845. The van der Waals surface area contributed by atoms with Gasteiger partial charge in [-0.2, -0.15) is 0 Å². The maximum Gasteiger partial charge on any atom is 0.165 e. The fourth-order valence-electron chi connectivity index (χ4n) is 3.13. The van der Waals surface area contributed by atoms with Crippen molar-refractivity contribution >= 4 is 0 Å². The molecule has 3 aromatic rings. The zero-order valence-corrected chi connectivity index (χ0v) is 14.7. The summed E-state index contributed by atoms with van der Waals surface area (Å²) in [5.74, 6) is 2.73. The summed E-state index contributed by atoms with van der Waals surface area (Å²) < 4.78 is 13.8. The van der Waals surface area contributed by atoms with Crippen molar-refractivity contribution in [1.29, 1.82) is 0 Å². The topological polar surface area (TPSA) is 48.3 Å². The van der Waals surface area contributed by atoms with Crippen molar-refractivity contribution in [2.75, 3.05) is 13.2 Å². The lowest BCUT2D eigenvalue weighted by Crippen LogP contribution is -2.17. The second kappa shape index (κ2) is 8.06. The van der Waals surface area contributed by atoms with E-state index in [4.69, 9.17) is 9.47 Å². The quantitative estimate of drug-likeness (QED) is 0.741. The molecule has 5 nitrogen and oxygen atoms in total. The van der Waals surface area contributed by atoms with E-state index in [1.54, 1.807) is 0 Å². The fourth-order valence-corrected chi connectivity index (χ4v) is 3.13. The first kappa shape index (κ1) is 16.7. The van der Waals surface area contributed by atoms with E-state index in [0.29, 0.717) is 26.3 Å². The molecule has 0 saturated heterocycles. The van der Waals surface area contributed by atoms with E-state index in [1.165, 1.54) is 5.56 Å². The molecule has 1 aliphatic heterocycles. The molecule has 0 saturated carbocycles. The predicted octanol–water partition coefficient (Wildman–Crippen LogP) is 3.38. The van der Waals surface area contributed by atoms with Gasteiger partial charge in [0.15, 0.2) is 11.5 Å². The summed E-state index contributed by atoms with van der Waals surface area (Å²) in [4.78, 5) is 4.49. The van der Waals surface area contributed by atoms with Crippen molar-refractivity contribution in [2.45, 2.75) is 26.1 Å². The molecule has 2 heterocycles. The van der Waals surface area contributed by atoms with Crippen LogP contribution in [0.15, 0.2) is 60.9 Å². The van der Waals surface area contributed by atoms with Gasteiger partial charge < -0.3 is 19.4 Å². The molecule has 1 aliphatic rings. The highest BCUT2D eigenvalue weighted by Crippen LogP contribution is 2.33. The molecule has 2 aromatic carbocycles. The molecule has 1 N–H and O–H groups in total. The number of hydrogen-bond acceptors (Lipinski definition) is 4. The lowest BCUT2D eigenvalue weighted by atomic mass is 10.2. The van der Waals surface area contributed by atoms with Crippen molar-refractivity contribution in [3.63, 3.8) is 0 Å². The minimum absolute atomic E-state index is 0.699. The highest BCUT2D eigenvalue weighted by atomic mass is 16.5. The third kappa shape index (κ3) is 3.89. The molecule has 0 amide bonds. The van der Waals surface area contributed by atoms with Crippen molar-refractivity contribution in [2.24, 2.45) is 0 Å². The van der Waals surface area contributed by atoms with Crippen LogP contribution in [0.2, 0.25) is 0 Å². The molecule has 134 valence electrons. The highest BCUT2D eigenvalue weighted by molar-refractivity contribution is 5.47. The Hall–Kier alpha value is -2.79. The zero-order valence-electron chi connectivity index (χ0n) is 14.7. The summed E-state index contributed by atoms with van der Waals surface area (Å²) >= 11 is 0. The first-order valence-corrected chi connectivity index (χ1v) is 9.02. The molecule has 4 rings (SSSR count). The van der Waals surface area contributed by atoms with Crippen LogP contribution in [0.25, 0.3) is 0 Å². The summed E-state index contributed by atoms with van der Waals surface area (Å²) in [7, 11) is 0. The van der Waals surface area contributed by atoms with Gasteiger partial charge >= 0.3 is 0 Å². The SMILES string of the molecule is c1ccc(Cn2ccnc2CNCc2cccc3c2OCCCO3)cc1. The normalized spacial score (nSPS) is 13.4. The monoisotopic (exact) mass is 349 g/mol. The van der Waals surface area contributed by atoms with Crippen LogP contribution in [0.4, 0.5) is 0 Å². The maximum absolute atomic E-state index is 5.88. The molecule has 0 unspecified atom stereocenters. The van der Waals surface area contributed by atoms with Crippen LogP contribution >= 0.6 is 0 Å². The molecule has 26 heavy (non-hydrogen) atoms. The number of benzene rings is 2. The van der Waals surface area contributed by atoms with E-state index >= 15 is 0 Å². The summed E-state index contributed by atoms with van der Waals surface area (Å²) in [5.41, 5.74) is 2.39. The minimum atomic E-state index is 0.699. The van der Waals surface area contributed by atoms with Crippen LogP contribution in [0.1, 0.15) is 23.4 Å². The molecular weight excluding hydrogens is 326 g/mol. The lowest BCUT2D eigenvalue weighted by Gasteiger charge is -2.13.